The van der Waals surface area contributed by atoms with Gasteiger partial charge in [-0.05, 0) is 37.2 Å². The molecule has 0 aromatic heterocycles. The number of ether oxygens (including phenoxy) is 1. The van der Waals surface area contributed by atoms with Crippen LogP contribution in [-0.2, 0) is 0 Å². The van der Waals surface area contributed by atoms with Crippen molar-refractivity contribution < 1.29 is 19.3 Å². The van der Waals surface area contributed by atoms with Gasteiger partial charge in [-0.2, -0.15) is 0 Å². The van der Waals surface area contributed by atoms with E-state index in [0.29, 0.717) is 25.3 Å². The van der Waals surface area contributed by atoms with E-state index in [1.165, 1.54) is 24.3 Å². The highest BCUT2D eigenvalue weighted by Gasteiger charge is 2.04. The molecule has 1 atom stereocenters. The molecule has 5 heteroatoms. The van der Waals surface area contributed by atoms with Gasteiger partial charge in [0.15, 0.2) is 0 Å². The molecule has 1 aromatic carbocycles. The van der Waals surface area contributed by atoms with Crippen molar-refractivity contribution in [1.82, 2.24) is 5.32 Å². The number of nitrogens with one attached hydrogen (secondary N) is 1. The molecule has 1 unspecified atom stereocenters. The molecule has 1 rings (SSSR count). The Hall–Kier alpha value is -1.17. The van der Waals surface area contributed by atoms with Crippen LogP contribution in [0, 0.1) is 5.82 Å². The van der Waals surface area contributed by atoms with E-state index in [1.807, 2.05) is 0 Å². The first-order valence-corrected chi connectivity index (χ1v) is 5.60. The van der Waals surface area contributed by atoms with Crippen LogP contribution < -0.4 is 10.1 Å². The number of aliphatic hydroxyl groups excluding tert-OH is 2. The molecule has 0 fully saturated rings. The summed E-state index contributed by atoms with van der Waals surface area (Å²) in [6, 6.07) is 5.64. The summed E-state index contributed by atoms with van der Waals surface area (Å²) in [7, 11) is 0. The van der Waals surface area contributed by atoms with Crippen molar-refractivity contribution in [3.63, 3.8) is 0 Å². The molecule has 0 aliphatic rings. The minimum Gasteiger partial charge on any atom is -0.491 e. The Kier molecular flexibility index (Phi) is 6.54. The first-order valence-electron chi connectivity index (χ1n) is 5.60. The van der Waals surface area contributed by atoms with Gasteiger partial charge in [0.25, 0.3) is 0 Å². The van der Waals surface area contributed by atoms with Crippen LogP contribution in [0.4, 0.5) is 4.39 Å². The molecule has 17 heavy (non-hydrogen) atoms. The summed E-state index contributed by atoms with van der Waals surface area (Å²) in [5.74, 6) is 0.212. The second-order valence-corrected chi connectivity index (χ2v) is 3.70. The predicted octanol–water partition coefficient (Wildman–Crippen LogP) is 0.537. The predicted molar refractivity (Wildman–Crippen MR) is 62.5 cm³/mol. The van der Waals surface area contributed by atoms with Crippen molar-refractivity contribution in [2.24, 2.45) is 0 Å². The number of aliphatic hydroxyl groups is 2. The molecule has 0 saturated carbocycles. The molecule has 0 amide bonds. The van der Waals surface area contributed by atoms with Crippen molar-refractivity contribution in [3.05, 3.63) is 30.1 Å². The summed E-state index contributed by atoms with van der Waals surface area (Å²) in [5, 5.41) is 21.1. The zero-order valence-corrected chi connectivity index (χ0v) is 9.60. The lowest BCUT2D eigenvalue weighted by molar-refractivity contribution is 0.106. The Morgan fingerprint density at radius 1 is 1.29 bits per heavy atom. The molecule has 0 spiro atoms. The smallest absolute Gasteiger partial charge is 0.123 e. The van der Waals surface area contributed by atoms with E-state index in [0.717, 1.165) is 0 Å². The maximum Gasteiger partial charge on any atom is 0.123 e. The minimum atomic E-state index is -0.626. The van der Waals surface area contributed by atoms with Gasteiger partial charge in [0.2, 0.25) is 0 Å². The van der Waals surface area contributed by atoms with Gasteiger partial charge in [0.1, 0.15) is 24.3 Å². The third-order valence-electron chi connectivity index (χ3n) is 2.15. The van der Waals surface area contributed by atoms with Gasteiger partial charge in [-0.25, -0.2) is 4.39 Å². The van der Waals surface area contributed by atoms with E-state index in [2.05, 4.69) is 5.32 Å². The van der Waals surface area contributed by atoms with Gasteiger partial charge >= 0.3 is 0 Å². The van der Waals surface area contributed by atoms with Gasteiger partial charge in [-0.15, -0.1) is 0 Å². The highest BCUT2D eigenvalue weighted by molar-refractivity contribution is 5.22. The van der Waals surface area contributed by atoms with Crippen LogP contribution >= 0.6 is 0 Å². The first-order chi connectivity index (χ1) is 8.22. The Bertz CT molecular complexity index is 305. The monoisotopic (exact) mass is 243 g/mol. The quantitative estimate of drug-likeness (QED) is 0.583. The first kappa shape index (κ1) is 13.9. The molecule has 0 saturated heterocycles. The van der Waals surface area contributed by atoms with Gasteiger partial charge < -0.3 is 20.3 Å². The van der Waals surface area contributed by atoms with Crippen molar-refractivity contribution in [1.29, 1.82) is 0 Å². The standard InChI is InChI=1S/C12H18FNO3/c13-10-2-4-12(5-3-10)17-9-11(16)8-14-6-1-7-15/h2-5,11,14-16H,1,6-9H2. The van der Waals surface area contributed by atoms with Gasteiger partial charge in [-0.3, -0.25) is 0 Å². The Balaban J connectivity index is 2.14. The topological polar surface area (TPSA) is 61.7 Å². The van der Waals surface area contributed by atoms with Crippen molar-refractivity contribution in [3.8, 4) is 5.75 Å². The van der Waals surface area contributed by atoms with Crippen LogP contribution in [0.2, 0.25) is 0 Å². The molecule has 0 aliphatic carbocycles. The number of rotatable bonds is 8. The van der Waals surface area contributed by atoms with Crippen LogP contribution in [0.3, 0.4) is 0 Å². The van der Waals surface area contributed by atoms with Crippen LogP contribution in [0.15, 0.2) is 24.3 Å². The molecule has 0 radical (unpaired) electrons. The molecule has 0 aliphatic heterocycles. The average Bonchev–Trinajstić information content (AvgIpc) is 2.34. The maximum absolute atomic E-state index is 12.6. The van der Waals surface area contributed by atoms with E-state index in [1.54, 1.807) is 0 Å². The summed E-state index contributed by atoms with van der Waals surface area (Å²) in [6.45, 7) is 1.35. The summed E-state index contributed by atoms with van der Waals surface area (Å²) >= 11 is 0. The number of benzene rings is 1. The van der Waals surface area contributed by atoms with Crippen LogP contribution in [0.25, 0.3) is 0 Å². The van der Waals surface area contributed by atoms with Crippen molar-refractivity contribution >= 4 is 0 Å². The SMILES string of the molecule is OCCCNCC(O)COc1ccc(F)cc1. The molecule has 0 bridgehead atoms. The van der Waals surface area contributed by atoms with E-state index in [4.69, 9.17) is 9.84 Å². The molecule has 4 nitrogen and oxygen atoms in total. The maximum atomic E-state index is 12.6. The Morgan fingerprint density at radius 3 is 2.65 bits per heavy atom. The fourth-order valence-corrected chi connectivity index (χ4v) is 1.25. The van der Waals surface area contributed by atoms with Crippen LogP contribution in [0.1, 0.15) is 6.42 Å². The molecule has 96 valence electrons. The summed E-state index contributed by atoms with van der Waals surface area (Å²) in [6.07, 6.45) is 0.0321. The van der Waals surface area contributed by atoms with Gasteiger partial charge in [0, 0.05) is 13.2 Å². The molecule has 3 N–H and O–H groups in total. The van der Waals surface area contributed by atoms with E-state index >= 15 is 0 Å². The fourth-order valence-electron chi connectivity index (χ4n) is 1.25. The van der Waals surface area contributed by atoms with E-state index in [9.17, 15) is 9.50 Å². The van der Waals surface area contributed by atoms with E-state index < -0.39 is 6.10 Å². The zero-order valence-electron chi connectivity index (χ0n) is 9.60. The van der Waals surface area contributed by atoms with Crippen LogP contribution in [0.5, 0.6) is 5.75 Å². The van der Waals surface area contributed by atoms with Crippen molar-refractivity contribution in [2.75, 3.05) is 26.3 Å². The second kappa shape index (κ2) is 8.00. The molecular weight excluding hydrogens is 225 g/mol. The third-order valence-corrected chi connectivity index (χ3v) is 2.15. The molecular formula is C12H18FNO3. The fraction of sp³-hybridized carbons (Fsp3) is 0.500. The second-order valence-electron chi connectivity index (χ2n) is 3.70. The lowest BCUT2D eigenvalue weighted by Gasteiger charge is -2.13. The summed E-state index contributed by atoms with van der Waals surface area (Å²) in [5.41, 5.74) is 0. The van der Waals surface area contributed by atoms with Gasteiger partial charge in [0.05, 0.1) is 0 Å². The Morgan fingerprint density at radius 2 is 2.00 bits per heavy atom. The van der Waals surface area contributed by atoms with Gasteiger partial charge in [-0.1, -0.05) is 0 Å². The Labute approximate surface area is 100 Å². The summed E-state index contributed by atoms with van der Waals surface area (Å²) in [4.78, 5) is 0. The average molecular weight is 243 g/mol. The lowest BCUT2D eigenvalue weighted by Crippen LogP contribution is -2.32. The zero-order chi connectivity index (χ0) is 12.5. The lowest BCUT2D eigenvalue weighted by atomic mass is 10.3. The highest BCUT2D eigenvalue weighted by Crippen LogP contribution is 2.10. The number of hydrogen-bond donors (Lipinski definition) is 3. The minimum absolute atomic E-state index is 0.134. The molecule has 0 heterocycles. The van der Waals surface area contributed by atoms with E-state index in [-0.39, 0.29) is 19.0 Å². The van der Waals surface area contributed by atoms with Crippen LogP contribution in [-0.4, -0.2) is 42.6 Å². The third kappa shape index (κ3) is 6.21. The normalized spacial score (nSPS) is 12.4. The summed E-state index contributed by atoms with van der Waals surface area (Å²) < 4.78 is 17.9. The highest BCUT2D eigenvalue weighted by atomic mass is 19.1. The van der Waals surface area contributed by atoms with Crippen molar-refractivity contribution in [2.45, 2.75) is 12.5 Å². The number of halogens is 1. The molecule has 1 aromatic rings. The largest absolute Gasteiger partial charge is 0.491 e. The number of hydrogen-bond acceptors (Lipinski definition) is 4.